The zero-order valence-corrected chi connectivity index (χ0v) is 8.25. The van der Waals surface area contributed by atoms with Crippen LogP contribution in [0, 0.1) is 0 Å². The highest BCUT2D eigenvalue weighted by molar-refractivity contribution is 6.66. The van der Waals surface area contributed by atoms with E-state index in [1.165, 1.54) is 4.90 Å². The van der Waals surface area contributed by atoms with Crippen LogP contribution in [0.1, 0.15) is 5.56 Å². The summed E-state index contributed by atoms with van der Waals surface area (Å²) in [6.45, 7) is 0.439. The molecule has 0 aliphatic carbocycles. The van der Waals surface area contributed by atoms with Crippen LogP contribution in [0.2, 0.25) is 0 Å². The van der Waals surface area contributed by atoms with Crippen LogP contribution in [0.4, 0.5) is 10.5 Å². The van der Waals surface area contributed by atoms with Gasteiger partial charge in [-0.05, 0) is 17.7 Å². The molecule has 0 aromatic heterocycles. The van der Waals surface area contributed by atoms with Crippen molar-refractivity contribution in [2.45, 2.75) is 6.61 Å². The summed E-state index contributed by atoms with van der Waals surface area (Å²) >= 11 is 5.33. The number of hydrogen-bond donors (Lipinski definition) is 0. The van der Waals surface area contributed by atoms with Gasteiger partial charge >= 0.3 is 5.37 Å². The minimum Gasteiger partial charge on any atom is -0.337 e. The molecular formula is C9H8ClNO3. The second-order valence-electron chi connectivity index (χ2n) is 2.95. The Hall–Kier alpha value is -1.26. The summed E-state index contributed by atoms with van der Waals surface area (Å²) in [6.07, 6.45) is 0. The molecule has 1 aromatic carbocycles. The highest BCUT2D eigenvalue weighted by Gasteiger charge is 2.16. The standard InChI is InChI=1S/C9H8ClNO3/c1-11(9(10)12)7-3-2-6-5-13-14-8(6)4-7/h2-4H,5H2,1H3. The van der Waals surface area contributed by atoms with Gasteiger partial charge in [0.15, 0.2) is 5.75 Å². The second-order valence-corrected chi connectivity index (χ2v) is 3.27. The molecule has 0 unspecified atom stereocenters. The van der Waals surface area contributed by atoms with Crippen molar-refractivity contribution in [3.05, 3.63) is 23.8 Å². The minimum absolute atomic E-state index is 0.439. The normalized spacial score (nSPS) is 13.3. The Morgan fingerprint density at radius 1 is 1.57 bits per heavy atom. The highest BCUT2D eigenvalue weighted by Crippen LogP contribution is 2.30. The van der Waals surface area contributed by atoms with E-state index in [0.717, 1.165) is 5.56 Å². The van der Waals surface area contributed by atoms with Gasteiger partial charge in [0.25, 0.3) is 0 Å². The summed E-state index contributed by atoms with van der Waals surface area (Å²) in [6, 6.07) is 5.34. The Morgan fingerprint density at radius 3 is 3.07 bits per heavy atom. The van der Waals surface area contributed by atoms with Gasteiger partial charge in [0, 0.05) is 24.4 Å². The zero-order valence-electron chi connectivity index (χ0n) is 7.49. The summed E-state index contributed by atoms with van der Waals surface area (Å²) < 4.78 is 0. The van der Waals surface area contributed by atoms with E-state index in [9.17, 15) is 4.79 Å². The van der Waals surface area contributed by atoms with E-state index in [-0.39, 0.29) is 0 Å². The van der Waals surface area contributed by atoms with Crippen LogP contribution in [0.15, 0.2) is 18.2 Å². The fourth-order valence-corrected chi connectivity index (χ4v) is 1.30. The number of hydrogen-bond acceptors (Lipinski definition) is 3. The Bertz CT molecular complexity index is 380. The average Bonchev–Trinajstić information content (AvgIpc) is 2.62. The molecule has 74 valence electrons. The number of benzene rings is 1. The lowest BCUT2D eigenvalue weighted by atomic mass is 10.2. The van der Waals surface area contributed by atoms with E-state index in [1.54, 1.807) is 19.2 Å². The molecule has 0 bridgehead atoms. The Balaban J connectivity index is 2.33. The maximum Gasteiger partial charge on any atom is 0.320 e. The first-order chi connectivity index (χ1) is 6.68. The third kappa shape index (κ3) is 1.54. The van der Waals surface area contributed by atoms with Crippen LogP contribution >= 0.6 is 11.6 Å². The van der Waals surface area contributed by atoms with Crippen LogP contribution in [0.3, 0.4) is 0 Å². The molecule has 1 aliphatic heterocycles. The van der Waals surface area contributed by atoms with E-state index in [4.69, 9.17) is 21.4 Å². The van der Waals surface area contributed by atoms with Gasteiger partial charge < -0.3 is 9.79 Å². The van der Waals surface area contributed by atoms with Gasteiger partial charge in [-0.1, -0.05) is 6.07 Å². The van der Waals surface area contributed by atoms with Crippen molar-refractivity contribution in [2.75, 3.05) is 11.9 Å². The lowest BCUT2D eigenvalue weighted by Gasteiger charge is -2.13. The molecule has 5 heteroatoms. The molecule has 14 heavy (non-hydrogen) atoms. The maximum atomic E-state index is 10.9. The summed E-state index contributed by atoms with van der Waals surface area (Å²) in [4.78, 5) is 21.8. The van der Waals surface area contributed by atoms with Gasteiger partial charge in [-0.25, -0.2) is 0 Å². The molecule has 0 spiro atoms. The van der Waals surface area contributed by atoms with Crippen LogP contribution in [0.5, 0.6) is 5.75 Å². The van der Waals surface area contributed by atoms with Crippen molar-refractivity contribution < 1.29 is 14.6 Å². The first-order valence-electron chi connectivity index (χ1n) is 4.04. The van der Waals surface area contributed by atoms with Gasteiger partial charge in [0.05, 0.1) is 0 Å². The van der Waals surface area contributed by atoms with Gasteiger partial charge in [0.2, 0.25) is 0 Å². The molecule has 0 saturated heterocycles. The van der Waals surface area contributed by atoms with Crippen molar-refractivity contribution in [3.8, 4) is 5.75 Å². The van der Waals surface area contributed by atoms with Gasteiger partial charge in [-0.15, -0.1) is 0 Å². The molecule has 1 heterocycles. The molecule has 4 nitrogen and oxygen atoms in total. The monoisotopic (exact) mass is 213 g/mol. The molecule has 0 radical (unpaired) electrons. The third-order valence-corrected chi connectivity index (χ3v) is 2.32. The predicted octanol–water partition coefficient (Wildman–Crippen LogP) is 2.31. The van der Waals surface area contributed by atoms with Gasteiger partial charge in [0.1, 0.15) is 6.61 Å². The SMILES string of the molecule is CN(C(=O)Cl)c1ccc2c(c1)OOC2. The lowest BCUT2D eigenvalue weighted by molar-refractivity contribution is -0.194. The first kappa shape index (κ1) is 9.30. The molecule has 1 aliphatic rings. The van der Waals surface area contributed by atoms with Crippen molar-refractivity contribution >= 4 is 22.7 Å². The fourth-order valence-electron chi connectivity index (χ4n) is 1.21. The van der Waals surface area contributed by atoms with E-state index < -0.39 is 5.37 Å². The Morgan fingerprint density at radius 2 is 2.36 bits per heavy atom. The topological polar surface area (TPSA) is 38.8 Å². The van der Waals surface area contributed by atoms with Crippen molar-refractivity contribution in [3.63, 3.8) is 0 Å². The molecule has 1 amide bonds. The molecule has 0 N–H and O–H groups in total. The van der Waals surface area contributed by atoms with Gasteiger partial charge in [-0.2, -0.15) is 4.89 Å². The van der Waals surface area contributed by atoms with Crippen molar-refractivity contribution in [1.29, 1.82) is 0 Å². The molecule has 1 aromatic rings. The van der Waals surface area contributed by atoms with Crippen molar-refractivity contribution in [1.82, 2.24) is 0 Å². The van der Waals surface area contributed by atoms with Crippen LogP contribution < -0.4 is 9.79 Å². The van der Waals surface area contributed by atoms with Crippen molar-refractivity contribution in [2.24, 2.45) is 0 Å². The summed E-state index contributed by atoms with van der Waals surface area (Å²) in [5.74, 6) is 0.632. The zero-order chi connectivity index (χ0) is 10.1. The quantitative estimate of drug-likeness (QED) is 0.408. The number of halogens is 1. The first-order valence-corrected chi connectivity index (χ1v) is 4.42. The third-order valence-electron chi connectivity index (χ3n) is 2.06. The summed E-state index contributed by atoms with van der Waals surface area (Å²) in [5, 5.41) is -0.538. The van der Waals surface area contributed by atoms with E-state index in [0.29, 0.717) is 18.0 Å². The van der Waals surface area contributed by atoms with Crippen LogP contribution in [0.25, 0.3) is 0 Å². The molecular weight excluding hydrogens is 206 g/mol. The lowest BCUT2D eigenvalue weighted by Crippen LogP contribution is -2.19. The Kier molecular flexibility index (Phi) is 2.31. The molecule has 0 atom stereocenters. The van der Waals surface area contributed by atoms with Crippen LogP contribution in [-0.2, 0) is 11.5 Å². The van der Waals surface area contributed by atoms with E-state index >= 15 is 0 Å². The second kappa shape index (κ2) is 3.48. The maximum absolute atomic E-state index is 10.9. The van der Waals surface area contributed by atoms with E-state index in [1.807, 2.05) is 6.07 Å². The van der Waals surface area contributed by atoms with E-state index in [2.05, 4.69) is 0 Å². The number of anilines is 1. The van der Waals surface area contributed by atoms with Gasteiger partial charge in [-0.3, -0.25) is 4.79 Å². The highest BCUT2D eigenvalue weighted by atomic mass is 35.5. The number of amides is 1. The fraction of sp³-hybridized carbons (Fsp3) is 0.222. The minimum atomic E-state index is -0.538. The smallest absolute Gasteiger partial charge is 0.320 e. The summed E-state index contributed by atoms with van der Waals surface area (Å²) in [5.41, 5.74) is 1.64. The number of fused-ring (bicyclic) bond motifs is 1. The number of nitrogens with zero attached hydrogens (tertiary/aromatic N) is 1. The van der Waals surface area contributed by atoms with Crippen LogP contribution in [-0.4, -0.2) is 12.4 Å². The molecule has 0 fully saturated rings. The molecule has 0 saturated carbocycles. The summed E-state index contributed by atoms with van der Waals surface area (Å²) in [7, 11) is 1.59. The molecule has 2 rings (SSSR count). The number of carbonyl (C=O) groups is 1. The number of carbonyl (C=O) groups excluding carboxylic acids is 1. The predicted molar refractivity (Wildman–Crippen MR) is 51.5 cm³/mol. The largest absolute Gasteiger partial charge is 0.337 e. The number of rotatable bonds is 1. The Labute approximate surface area is 85.9 Å². The average molecular weight is 214 g/mol.